The third-order valence-electron chi connectivity index (χ3n) is 5.14. The van der Waals surface area contributed by atoms with Gasteiger partial charge in [0.2, 0.25) is 6.79 Å². The average Bonchev–Trinajstić information content (AvgIpc) is 3.18. The molecule has 0 aliphatic carbocycles. The molecule has 2 N–H and O–H groups in total. The predicted molar refractivity (Wildman–Crippen MR) is 120 cm³/mol. The van der Waals surface area contributed by atoms with E-state index in [0.717, 1.165) is 69.6 Å². The molecule has 0 unspecified atom stereocenters. The maximum absolute atomic E-state index is 5.64. The van der Waals surface area contributed by atoms with Gasteiger partial charge in [-0.2, -0.15) is 0 Å². The summed E-state index contributed by atoms with van der Waals surface area (Å²) in [6.45, 7) is 6.98. The van der Waals surface area contributed by atoms with E-state index in [-0.39, 0.29) is 29.4 Å². The minimum atomic E-state index is -0.0475. The van der Waals surface area contributed by atoms with E-state index in [1.807, 2.05) is 6.07 Å². The van der Waals surface area contributed by atoms with Crippen molar-refractivity contribution >= 4 is 29.9 Å². The lowest BCUT2D eigenvalue weighted by Gasteiger charge is -2.36. The van der Waals surface area contributed by atoms with Crippen LogP contribution in [-0.2, 0) is 14.9 Å². The molecule has 158 valence electrons. The van der Waals surface area contributed by atoms with Crippen molar-refractivity contribution in [1.29, 1.82) is 0 Å². The van der Waals surface area contributed by atoms with Crippen molar-refractivity contribution in [1.82, 2.24) is 10.6 Å². The summed E-state index contributed by atoms with van der Waals surface area (Å²) in [4.78, 5) is 4.90. The molecule has 0 atom stereocenters. The smallest absolute Gasteiger partial charge is 0.231 e. The van der Waals surface area contributed by atoms with Gasteiger partial charge in [-0.25, -0.2) is 0 Å². The Hall–Kier alpha value is -1.26. The van der Waals surface area contributed by atoms with E-state index in [1.165, 1.54) is 5.56 Å². The molecule has 7 nitrogen and oxygen atoms in total. The Labute approximate surface area is 184 Å². The van der Waals surface area contributed by atoms with Crippen LogP contribution in [0.3, 0.4) is 0 Å². The van der Waals surface area contributed by atoms with Crippen molar-refractivity contribution in [3.63, 3.8) is 0 Å². The molecule has 2 aliphatic rings. The fourth-order valence-corrected chi connectivity index (χ4v) is 3.52. The summed E-state index contributed by atoms with van der Waals surface area (Å²) in [7, 11) is 1.72. The van der Waals surface area contributed by atoms with Crippen LogP contribution in [0.1, 0.15) is 31.7 Å². The molecule has 0 bridgehead atoms. The van der Waals surface area contributed by atoms with Crippen LogP contribution in [-0.4, -0.2) is 59.3 Å². The van der Waals surface area contributed by atoms with Gasteiger partial charge in [0.05, 0.1) is 6.54 Å². The van der Waals surface area contributed by atoms with Crippen LogP contribution >= 0.6 is 24.0 Å². The molecule has 1 fully saturated rings. The number of hydrogen-bond acceptors (Lipinski definition) is 5. The summed E-state index contributed by atoms with van der Waals surface area (Å²) in [6, 6.07) is 6.27. The second-order valence-electron chi connectivity index (χ2n) is 6.93. The minimum absolute atomic E-state index is 0. The van der Waals surface area contributed by atoms with E-state index in [2.05, 4.69) is 29.7 Å². The normalized spacial score (nSPS) is 17.7. The number of rotatable bonds is 8. The average molecular weight is 505 g/mol. The zero-order chi connectivity index (χ0) is 19.0. The summed E-state index contributed by atoms with van der Waals surface area (Å²) < 4.78 is 21.8. The highest BCUT2D eigenvalue weighted by molar-refractivity contribution is 14.0. The van der Waals surface area contributed by atoms with Gasteiger partial charge >= 0.3 is 0 Å². The molecule has 1 saturated heterocycles. The minimum Gasteiger partial charge on any atom is -0.454 e. The fraction of sp³-hybridized carbons (Fsp3) is 0.650. The lowest BCUT2D eigenvalue weighted by molar-refractivity contribution is 0.0530. The molecule has 0 aromatic heterocycles. The third kappa shape index (κ3) is 5.87. The van der Waals surface area contributed by atoms with Gasteiger partial charge in [-0.3, -0.25) is 4.99 Å². The molecule has 2 aliphatic heterocycles. The van der Waals surface area contributed by atoms with Crippen molar-refractivity contribution in [2.45, 2.75) is 31.6 Å². The number of hydrogen-bond donors (Lipinski definition) is 2. The Bertz CT molecular complexity index is 636. The van der Waals surface area contributed by atoms with Crippen LogP contribution in [0.15, 0.2) is 23.2 Å². The van der Waals surface area contributed by atoms with Gasteiger partial charge in [0.15, 0.2) is 17.5 Å². The molecule has 28 heavy (non-hydrogen) atoms. The first-order chi connectivity index (χ1) is 13.3. The summed E-state index contributed by atoms with van der Waals surface area (Å²) in [6.07, 6.45) is 2.83. The van der Waals surface area contributed by atoms with Gasteiger partial charge < -0.3 is 29.6 Å². The Morgan fingerprint density at radius 3 is 2.71 bits per heavy atom. The predicted octanol–water partition coefficient (Wildman–Crippen LogP) is 2.67. The maximum Gasteiger partial charge on any atom is 0.231 e. The first-order valence-electron chi connectivity index (χ1n) is 9.76. The molecule has 2 heterocycles. The lowest BCUT2D eigenvalue weighted by Crippen LogP contribution is -2.41. The van der Waals surface area contributed by atoms with E-state index in [0.29, 0.717) is 13.3 Å². The Kier molecular flexibility index (Phi) is 9.60. The van der Waals surface area contributed by atoms with Crippen molar-refractivity contribution in [3.8, 4) is 11.5 Å². The highest BCUT2D eigenvalue weighted by Gasteiger charge is 2.35. The first kappa shape index (κ1) is 23.0. The number of fused-ring (bicyclic) bond motifs is 1. The van der Waals surface area contributed by atoms with Crippen LogP contribution in [0, 0.1) is 0 Å². The van der Waals surface area contributed by atoms with E-state index < -0.39 is 0 Å². The quantitative estimate of drug-likeness (QED) is 0.245. The number of halogens is 1. The Balaban J connectivity index is 0.00000280. The molecule has 0 saturated carbocycles. The molecule has 8 heteroatoms. The molecule has 3 rings (SSSR count). The fourth-order valence-electron chi connectivity index (χ4n) is 3.52. The zero-order valence-electron chi connectivity index (χ0n) is 16.8. The van der Waals surface area contributed by atoms with Gasteiger partial charge in [0.1, 0.15) is 0 Å². The first-order valence-corrected chi connectivity index (χ1v) is 9.76. The van der Waals surface area contributed by atoms with Crippen molar-refractivity contribution in [2.24, 2.45) is 4.99 Å². The van der Waals surface area contributed by atoms with Crippen molar-refractivity contribution < 1.29 is 18.9 Å². The summed E-state index contributed by atoms with van der Waals surface area (Å²) >= 11 is 0. The second-order valence-corrected chi connectivity index (χ2v) is 6.93. The number of guanidine groups is 1. The second kappa shape index (κ2) is 11.7. The largest absolute Gasteiger partial charge is 0.454 e. The molecule has 0 spiro atoms. The Morgan fingerprint density at radius 1 is 1.18 bits per heavy atom. The SMILES string of the molecule is CCNC(=NCC1(c2ccc3c(c2)OCO3)CCOCC1)NCCCOC.I. The summed E-state index contributed by atoms with van der Waals surface area (Å²) in [5.41, 5.74) is 1.20. The van der Waals surface area contributed by atoms with Gasteiger partial charge in [-0.15, -0.1) is 24.0 Å². The van der Waals surface area contributed by atoms with Crippen LogP contribution in [0.25, 0.3) is 0 Å². The van der Waals surface area contributed by atoms with Gasteiger partial charge in [-0.05, 0) is 43.9 Å². The van der Waals surface area contributed by atoms with Crippen LogP contribution in [0.4, 0.5) is 0 Å². The molecular formula is C20H32IN3O4. The van der Waals surface area contributed by atoms with Gasteiger partial charge in [-0.1, -0.05) is 6.07 Å². The number of methoxy groups -OCH3 is 1. The molecule has 0 amide bonds. The topological polar surface area (TPSA) is 73.3 Å². The van der Waals surface area contributed by atoms with Crippen LogP contribution in [0.5, 0.6) is 11.5 Å². The highest BCUT2D eigenvalue weighted by Crippen LogP contribution is 2.41. The Morgan fingerprint density at radius 2 is 1.96 bits per heavy atom. The summed E-state index contributed by atoms with van der Waals surface area (Å²) in [5, 5.41) is 6.72. The molecule has 0 radical (unpaired) electrons. The highest BCUT2D eigenvalue weighted by atomic mass is 127. The number of nitrogens with zero attached hydrogens (tertiary/aromatic N) is 1. The molecule has 1 aromatic rings. The number of nitrogens with one attached hydrogen (secondary N) is 2. The zero-order valence-corrected chi connectivity index (χ0v) is 19.1. The van der Waals surface area contributed by atoms with E-state index in [4.69, 9.17) is 23.9 Å². The van der Waals surface area contributed by atoms with E-state index >= 15 is 0 Å². The lowest BCUT2D eigenvalue weighted by atomic mass is 9.74. The van der Waals surface area contributed by atoms with E-state index in [9.17, 15) is 0 Å². The number of ether oxygens (including phenoxy) is 4. The standard InChI is InChI=1S/C20H31N3O4.HI/c1-3-21-19(22-9-4-10-24-2)23-14-20(7-11-25-12-8-20)16-5-6-17-18(13-16)27-15-26-17;/h5-6,13H,3-4,7-12,14-15H2,1-2H3,(H2,21,22,23);1H. The van der Waals surface area contributed by atoms with Crippen molar-refractivity contribution in [2.75, 3.05) is 53.4 Å². The summed E-state index contributed by atoms with van der Waals surface area (Å²) in [5.74, 6) is 2.49. The monoisotopic (exact) mass is 505 g/mol. The van der Waals surface area contributed by atoms with Crippen LogP contribution < -0.4 is 20.1 Å². The van der Waals surface area contributed by atoms with Gasteiger partial charge in [0.25, 0.3) is 0 Å². The van der Waals surface area contributed by atoms with Gasteiger partial charge in [0, 0.05) is 45.4 Å². The number of aliphatic imine (C=N–C) groups is 1. The van der Waals surface area contributed by atoms with Crippen LogP contribution in [0.2, 0.25) is 0 Å². The molecular weight excluding hydrogens is 473 g/mol. The van der Waals surface area contributed by atoms with E-state index in [1.54, 1.807) is 7.11 Å². The maximum atomic E-state index is 5.64. The third-order valence-corrected chi connectivity index (χ3v) is 5.14. The molecule has 1 aromatic carbocycles. The number of benzene rings is 1. The van der Waals surface area contributed by atoms with Crippen molar-refractivity contribution in [3.05, 3.63) is 23.8 Å².